The second kappa shape index (κ2) is 11.7. The molecule has 0 bridgehead atoms. The van der Waals surface area contributed by atoms with Crippen molar-refractivity contribution in [2.24, 2.45) is 28.6 Å². The molecule has 1 spiro atoms. The van der Waals surface area contributed by atoms with E-state index in [0.717, 1.165) is 29.9 Å². The van der Waals surface area contributed by atoms with Crippen LogP contribution in [0.15, 0.2) is 18.2 Å². The van der Waals surface area contributed by atoms with Crippen LogP contribution in [-0.4, -0.2) is 77.3 Å². The van der Waals surface area contributed by atoms with Crippen molar-refractivity contribution in [3.63, 3.8) is 0 Å². The van der Waals surface area contributed by atoms with Gasteiger partial charge in [-0.05, 0) is 60.5 Å². The lowest BCUT2D eigenvalue weighted by Crippen LogP contribution is -2.61. The summed E-state index contributed by atoms with van der Waals surface area (Å²) in [7, 11) is 0. The zero-order chi connectivity index (χ0) is 34.9. The number of ketones is 1. The number of rotatable bonds is 10. The van der Waals surface area contributed by atoms with Crippen LogP contribution in [0.25, 0.3) is 0 Å². The number of ether oxygens (including phenoxy) is 1. The number of likely N-dealkylation sites (tertiary alicyclic amines) is 1. The Morgan fingerprint density at radius 1 is 1.09 bits per heavy atom. The number of nitrogens with zero attached hydrogens (tertiary/aromatic N) is 1. The van der Waals surface area contributed by atoms with Gasteiger partial charge < -0.3 is 25.6 Å². The first kappa shape index (κ1) is 34.6. The number of hydrogen-bond acceptors (Lipinski definition) is 6. The summed E-state index contributed by atoms with van der Waals surface area (Å²) in [5.74, 6) is -8.40. The summed E-state index contributed by atoms with van der Waals surface area (Å²) in [6, 6.07) is -1.58. The standard InChI is InChI=1S/C32H39F5N4O6/c1-29(2,3)24(39-28(46)32(35,36)37)27(45)41-13-17-22(30(17,4)5)23(41)26(44)38-19(10-15-12-31(8-9-31)40-25(15)43)20(42)14-47-21-7-6-16(33)11-18(21)34/h6-7,11,15,17,19,22-24H,8-10,12-14H2,1-5H3,(H,38,44)(H,39,46)(H,40,43)/t15-,17-,19-,22-,23-,24+/m0/s1. The van der Waals surface area contributed by atoms with Gasteiger partial charge in [0.25, 0.3) is 0 Å². The lowest BCUT2D eigenvalue weighted by Gasteiger charge is -2.38. The van der Waals surface area contributed by atoms with Crippen LogP contribution >= 0.6 is 0 Å². The number of alkyl halides is 3. The second-order valence-electron chi connectivity index (χ2n) is 15.0. The molecular formula is C32H39F5N4O6. The van der Waals surface area contributed by atoms with Crippen molar-refractivity contribution in [1.82, 2.24) is 20.9 Å². The van der Waals surface area contributed by atoms with Crippen molar-refractivity contribution in [3.8, 4) is 5.75 Å². The Bertz CT molecular complexity index is 1490. The number of amides is 4. The number of fused-ring (bicyclic) bond motifs is 1. The first-order valence-corrected chi connectivity index (χ1v) is 15.6. The molecule has 2 aliphatic heterocycles. The molecule has 4 amide bonds. The second-order valence-corrected chi connectivity index (χ2v) is 15.0. The zero-order valence-electron chi connectivity index (χ0n) is 26.7. The van der Waals surface area contributed by atoms with Gasteiger partial charge in [-0.25, -0.2) is 8.78 Å². The van der Waals surface area contributed by atoms with Gasteiger partial charge in [0.1, 0.15) is 24.5 Å². The van der Waals surface area contributed by atoms with Crippen molar-refractivity contribution in [1.29, 1.82) is 0 Å². The summed E-state index contributed by atoms with van der Waals surface area (Å²) < 4.78 is 72.4. The predicted octanol–water partition coefficient (Wildman–Crippen LogP) is 3.03. The molecule has 258 valence electrons. The predicted molar refractivity (Wildman–Crippen MR) is 155 cm³/mol. The maximum Gasteiger partial charge on any atom is 0.471 e. The minimum atomic E-state index is -5.24. The van der Waals surface area contributed by atoms with Gasteiger partial charge in [-0.3, -0.25) is 24.0 Å². The Morgan fingerprint density at radius 2 is 1.74 bits per heavy atom. The Hall–Kier alpha value is -3.78. The first-order valence-electron chi connectivity index (χ1n) is 15.6. The largest absolute Gasteiger partial charge is 0.483 e. The van der Waals surface area contributed by atoms with Gasteiger partial charge in [0.05, 0.1) is 6.04 Å². The zero-order valence-corrected chi connectivity index (χ0v) is 26.7. The van der Waals surface area contributed by atoms with E-state index in [-0.39, 0.29) is 30.3 Å². The number of benzene rings is 1. The quantitative estimate of drug-likeness (QED) is 0.328. The maximum absolute atomic E-state index is 14.2. The molecular weight excluding hydrogens is 631 g/mol. The molecule has 2 heterocycles. The van der Waals surface area contributed by atoms with Gasteiger partial charge in [0.2, 0.25) is 17.7 Å². The number of Topliss-reactive ketones (excluding diaryl/α,β-unsaturated/α-hetero) is 1. The number of piperidine rings is 1. The number of carbonyl (C=O) groups excluding carboxylic acids is 5. The van der Waals surface area contributed by atoms with Crippen LogP contribution in [0, 0.1) is 40.2 Å². The molecule has 1 aromatic rings. The third-order valence-electron chi connectivity index (χ3n) is 10.1. The van der Waals surface area contributed by atoms with Crippen LogP contribution in [0.2, 0.25) is 0 Å². The van der Waals surface area contributed by atoms with Crippen LogP contribution < -0.4 is 20.7 Å². The van der Waals surface area contributed by atoms with E-state index in [1.807, 2.05) is 13.8 Å². The van der Waals surface area contributed by atoms with Crippen molar-refractivity contribution in [2.75, 3.05) is 13.2 Å². The van der Waals surface area contributed by atoms with Crippen LogP contribution in [-0.2, 0) is 24.0 Å². The fraction of sp³-hybridized carbons (Fsp3) is 0.656. The summed E-state index contributed by atoms with van der Waals surface area (Å²) in [5, 5.41) is 7.40. The monoisotopic (exact) mass is 670 g/mol. The van der Waals surface area contributed by atoms with E-state index in [9.17, 15) is 45.9 Å². The van der Waals surface area contributed by atoms with Crippen molar-refractivity contribution in [2.45, 2.75) is 90.1 Å². The highest BCUT2D eigenvalue weighted by molar-refractivity contribution is 5.97. The molecule has 4 fully saturated rings. The topological polar surface area (TPSA) is 134 Å². The molecule has 0 aromatic heterocycles. The van der Waals surface area contributed by atoms with Gasteiger partial charge in [-0.2, -0.15) is 13.2 Å². The molecule has 1 aromatic carbocycles. The Balaban J connectivity index is 1.38. The highest BCUT2D eigenvalue weighted by Gasteiger charge is 2.70. The molecule has 15 heteroatoms. The Morgan fingerprint density at radius 3 is 2.30 bits per heavy atom. The van der Waals surface area contributed by atoms with Gasteiger partial charge in [0.15, 0.2) is 17.3 Å². The molecule has 5 rings (SSSR count). The third kappa shape index (κ3) is 6.94. The summed E-state index contributed by atoms with van der Waals surface area (Å²) in [6.45, 7) is 7.56. The summed E-state index contributed by atoms with van der Waals surface area (Å²) in [4.78, 5) is 67.2. The first-order chi connectivity index (χ1) is 21.6. The third-order valence-corrected chi connectivity index (χ3v) is 10.1. The van der Waals surface area contributed by atoms with E-state index >= 15 is 0 Å². The molecule has 4 aliphatic rings. The molecule has 2 saturated carbocycles. The van der Waals surface area contributed by atoms with Gasteiger partial charge >= 0.3 is 12.1 Å². The van der Waals surface area contributed by atoms with Crippen molar-refractivity contribution >= 4 is 29.4 Å². The van der Waals surface area contributed by atoms with Crippen LogP contribution in [0.4, 0.5) is 22.0 Å². The van der Waals surface area contributed by atoms with E-state index in [4.69, 9.17) is 4.74 Å². The van der Waals surface area contributed by atoms with Gasteiger partial charge in [0, 0.05) is 24.1 Å². The van der Waals surface area contributed by atoms with Crippen LogP contribution in [0.3, 0.4) is 0 Å². The molecule has 0 radical (unpaired) electrons. The van der Waals surface area contributed by atoms with Crippen molar-refractivity contribution in [3.05, 3.63) is 29.8 Å². The lowest BCUT2D eigenvalue weighted by atomic mass is 9.85. The average molecular weight is 671 g/mol. The Labute approximate surface area is 268 Å². The van der Waals surface area contributed by atoms with E-state index in [0.29, 0.717) is 12.5 Å². The fourth-order valence-corrected chi connectivity index (χ4v) is 7.14. The number of halogens is 5. The number of carbonyl (C=O) groups is 5. The van der Waals surface area contributed by atoms with Crippen LogP contribution in [0.5, 0.6) is 5.75 Å². The molecule has 3 N–H and O–H groups in total. The Kier molecular flexibility index (Phi) is 8.62. The summed E-state index contributed by atoms with van der Waals surface area (Å²) >= 11 is 0. The van der Waals surface area contributed by atoms with Crippen LogP contribution in [0.1, 0.15) is 60.3 Å². The van der Waals surface area contributed by atoms with Gasteiger partial charge in [-0.15, -0.1) is 0 Å². The summed E-state index contributed by atoms with van der Waals surface area (Å²) in [5.41, 5.74) is -1.91. The fourth-order valence-electron chi connectivity index (χ4n) is 7.14. The molecule has 0 unspecified atom stereocenters. The maximum atomic E-state index is 14.2. The minimum absolute atomic E-state index is 0.0438. The molecule has 47 heavy (non-hydrogen) atoms. The highest BCUT2D eigenvalue weighted by Crippen LogP contribution is 2.65. The van der Waals surface area contributed by atoms with Crippen molar-refractivity contribution < 1.29 is 50.7 Å². The summed E-state index contributed by atoms with van der Waals surface area (Å²) in [6.07, 6.45) is -3.35. The number of nitrogens with one attached hydrogen (secondary N) is 3. The SMILES string of the molecule is CC(C)(C)[C@H](NC(=O)C(F)(F)F)C(=O)N1C[C@H]2[C@@H]([C@H]1C(=O)N[C@@H](C[C@H]1CC3(CC3)NC1=O)C(=O)COc1ccc(F)cc1F)C2(C)C. The normalized spacial score (nSPS) is 26.6. The van der Waals surface area contributed by atoms with E-state index in [1.165, 1.54) is 20.8 Å². The molecule has 6 atom stereocenters. The molecule has 10 nitrogen and oxygen atoms in total. The lowest BCUT2D eigenvalue weighted by molar-refractivity contribution is -0.176. The average Bonchev–Trinajstić information content (AvgIpc) is 3.67. The highest BCUT2D eigenvalue weighted by atomic mass is 19.4. The minimum Gasteiger partial charge on any atom is -0.483 e. The molecule has 2 saturated heterocycles. The smallest absolute Gasteiger partial charge is 0.471 e. The van der Waals surface area contributed by atoms with E-state index in [1.54, 1.807) is 5.32 Å². The number of hydrogen-bond donors (Lipinski definition) is 3. The van der Waals surface area contributed by atoms with E-state index < -0.39 is 94.5 Å². The molecule has 2 aliphatic carbocycles. The van der Waals surface area contributed by atoms with Gasteiger partial charge in [-0.1, -0.05) is 34.6 Å². The van der Waals surface area contributed by atoms with E-state index in [2.05, 4.69) is 10.6 Å².